The Balaban J connectivity index is 0.00000242. The summed E-state index contributed by atoms with van der Waals surface area (Å²) in [5.41, 5.74) is 6.78. The number of carbonyl (C=O) groups is 1. The Morgan fingerprint density at radius 2 is 2.05 bits per heavy atom. The Morgan fingerprint density at radius 3 is 2.68 bits per heavy atom. The van der Waals surface area contributed by atoms with Crippen LogP contribution in [-0.2, 0) is 4.79 Å². The number of hydrogen-bond acceptors (Lipinski definition) is 2. The summed E-state index contributed by atoms with van der Waals surface area (Å²) in [5.74, 6) is 1.46. The third-order valence-electron chi connectivity index (χ3n) is 4.65. The Morgan fingerprint density at radius 1 is 1.32 bits per heavy atom. The first kappa shape index (κ1) is 19.0. The molecule has 1 saturated carbocycles. The summed E-state index contributed by atoms with van der Waals surface area (Å²) >= 11 is 0. The van der Waals surface area contributed by atoms with E-state index in [9.17, 15) is 4.79 Å². The zero-order valence-electron chi connectivity index (χ0n) is 13.5. The zero-order chi connectivity index (χ0) is 15.1. The number of carbonyl (C=O) groups excluding carboxylic acids is 1. The summed E-state index contributed by atoms with van der Waals surface area (Å²) in [4.78, 5) is 12.3. The standard InChI is InChI=1S/C18H28N2O.ClH/c1-14-6-5-7-15(12-14)10-11-20-18(21)17(13-19)16-8-3-2-4-9-16;/h2-4,8-9,14-15,17H,5-7,10-13,19H2,1H3,(H,20,21);1H. The normalized spacial score (nSPS) is 22.5. The van der Waals surface area contributed by atoms with Gasteiger partial charge in [-0.15, -0.1) is 12.4 Å². The molecule has 0 saturated heterocycles. The highest BCUT2D eigenvalue weighted by molar-refractivity contribution is 5.85. The van der Waals surface area contributed by atoms with Crippen LogP contribution in [0.1, 0.15) is 50.5 Å². The smallest absolute Gasteiger partial charge is 0.228 e. The number of amides is 1. The van der Waals surface area contributed by atoms with Crippen molar-refractivity contribution in [2.75, 3.05) is 13.1 Å². The van der Waals surface area contributed by atoms with Crippen molar-refractivity contribution in [3.8, 4) is 0 Å². The van der Waals surface area contributed by atoms with Gasteiger partial charge in [-0.3, -0.25) is 4.79 Å². The molecule has 0 heterocycles. The first-order valence-electron chi connectivity index (χ1n) is 8.23. The van der Waals surface area contributed by atoms with Crippen LogP contribution in [0.4, 0.5) is 0 Å². The third-order valence-corrected chi connectivity index (χ3v) is 4.65. The van der Waals surface area contributed by atoms with Gasteiger partial charge in [-0.25, -0.2) is 0 Å². The minimum absolute atomic E-state index is 0. The zero-order valence-corrected chi connectivity index (χ0v) is 14.3. The van der Waals surface area contributed by atoms with Crippen LogP contribution in [0, 0.1) is 11.8 Å². The van der Waals surface area contributed by atoms with Crippen molar-refractivity contribution >= 4 is 18.3 Å². The van der Waals surface area contributed by atoms with Crippen LogP contribution in [0.5, 0.6) is 0 Å². The Bertz CT molecular complexity index is 438. The molecule has 0 radical (unpaired) electrons. The molecular formula is C18H29ClN2O. The number of nitrogens with one attached hydrogen (secondary N) is 1. The largest absolute Gasteiger partial charge is 0.356 e. The SMILES string of the molecule is CC1CCCC(CCNC(=O)C(CN)c2ccccc2)C1.Cl. The predicted octanol–water partition coefficient (Wildman–Crippen LogP) is 3.48. The second kappa shape index (κ2) is 9.86. The van der Waals surface area contributed by atoms with E-state index >= 15 is 0 Å². The minimum Gasteiger partial charge on any atom is -0.356 e. The van der Waals surface area contributed by atoms with Crippen LogP contribution in [0.15, 0.2) is 30.3 Å². The molecule has 0 aliphatic heterocycles. The van der Waals surface area contributed by atoms with Gasteiger partial charge in [0.2, 0.25) is 5.91 Å². The van der Waals surface area contributed by atoms with Gasteiger partial charge in [0.05, 0.1) is 5.92 Å². The van der Waals surface area contributed by atoms with E-state index in [-0.39, 0.29) is 24.2 Å². The fourth-order valence-electron chi connectivity index (χ4n) is 3.42. The first-order chi connectivity index (χ1) is 10.2. The highest BCUT2D eigenvalue weighted by Gasteiger charge is 2.21. The van der Waals surface area contributed by atoms with Crippen LogP contribution in [0.25, 0.3) is 0 Å². The summed E-state index contributed by atoms with van der Waals surface area (Å²) in [5, 5.41) is 3.08. The molecule has 1 aromatic rings. The lowest BCUT2D eigenvalue weighted by Gasteiger charge is -2.27. The lowest BCUT2D eigenvalue weighted by Crippen LogP contribution is -2.34. The average Bonchev–Trinajstić information content (AvgIpc) is 2.49. The predicted molar refractivity (Wildman–Crippen MR) is 94.2 cm³/mol. The van der Waals surface area contributed by atoms with E-state index in [0.717, 1.165) is 30.4 Å². The van der Waals surface area contributed by atoms with Gasteiger partial charge in [-0.1, -0.05) is 56.5 Å². The van der Waals surface area contributed by atoms with Gasteiger partial charge in [0, 0.05) is 13.1 Å². The number of benzene rings is 1. The molecule has 3 N–H and O–H groups in total. The van der Waals surface area contributed by atoms with Crippen molar-refractivity contribution in [2.24, 2.45) is 17.6 Å². The summed E-state index contributed by atoms with van der Waals surface area (Å²) in [6, 6.07) is 9.81. The molecule has 1 aromatic carbocycles. The maximum absolute atomic E-state index is 12.3. The highest BCUT2D eigenvalue weighted by Crippen LogP contribution is 2.30. The molecule has 1 aliphatic carbocycles. The highest BCUT2D eigenvalue weighted by atomic mass is 35.5. The number of halogens is 1. The molecule has 0 bridgehead atoms. The molecule has 1 aliphatic rings. The molecule has 1 amide bonds. The van der Waals surface area contributed by atoms with Crippen molar-refractivity contribution in [1.29, 1.82) is 0 Å². The van der Waals surface area contributed by atoms with Crippen LogP contribution in [0.3, 0.4) is 0 Å². The van der Waals surface area contributed by atoms with E-state index in [1.807, 2.05) is 30.3 Å². The summed E-state index contributed by atoms with van der Waals surface area (Å²) in [6.07, 6.45) is 6.44. The molecule has 124 valence electrons. The summed E-state index contributed by atoms with van der Waals surface area (Å²) in [7, 11) is 0. The van der Waals surface area contributed by atoms with Gasteiger partial charge < -0.3 is 11.1 Å². The molecule has 3 atom stereocenters. The number of hydrogen-bond donors (Lipinski definition) is 2. The maximum atomic E-state index is 12.3. The van der Waals surface area contributed by atoms with Crippen LogP contribution < -0.4 is 11.1 Å². The van der Waals surface area contributed by atoms with Crippen LogP contribution in [-0.4, -0.2) is 19.0 Å². The minimum atomic E-state index is -0.225. The van der Waals surface area contributed by atoms with E-state index in [2.05, 4.69) is 12.2 Å². The quantitative estimate of drug-likeness (QED) is 0.841. The van der Waals surface area contributed by atoms with Gasteiger partial charge in [-0.2, -0.15) is 0 Å². The van der Waals surface area contributed by atoms with Gasteiger partial charge >= 0.3 is 0 Å². The lowest BCUT2D eigenvalue weighted by molar-refractivity contribution is -0.122. The molecule has 1 fully saturated rings. The molecule has 4 heteroatoms. The molecule has 22 heavy (non-hydrogen) atoms. The van der Waals surface area contributed by atoms with Crippen molar-refractivity contribution in [3.63, 3.8) is 0 Å². The fourth-order valence-corrected chi connectivity index (χ4v) is 3.42. The Kier molecular flexibility index (Phi) is 8.51. The van der Waals surface area contributed by atoms with E-state index in [1.165, 1.54) is 25.7 Å². The van der Waals surface area contributed by atoms with Crippen LogP contribution in [0.2, 0.25) is 0 Å². The second-order valence-corrected chi connectivity index (χ2v) is 6.42. The maximum Gasteiger partial charge on any atom is 0.228 e. The summed E-state index contributed by atoms with van der Waals surface area (Å²) < 4.78 is 0. The molecule has 2 rings (SSSR count). The second-order valence-electron chi connectivity index (χ2n) is 6.42. The number of rotatable bonds is 6. The molecule has 0 aromatic heterocycles. The molecule has 0 spiro atoms. The fraction of sp³-hybridized carbons (Fsp3) is 0.611. The van der Waals surface area contributed by atoms with E-state index in [4.69, 9.17) is 5.73 Å². The topological polar surface area (TPSA) is 55.1 Å². The van der Waals surface area contributed by atoms with Gasteiger partial charge in [0.25, 0.3) is 0 Å². The first-order valence-corrected chi connectivity index (χ1v) is 8.23. The van der Waals surface area contributed by atoms with Crippen molar-refractivity contribution in [2.45, 2.75) is 44.9 Å². The summed E-state index contributed by atoms with van der Waals surface area (Å²) in [6.45, 7) is 3.47. The average molecular weight is 325 g/mol. The van der Waals surface area contributed by atoms with Crippen molar-refractivity contribution in [3.05, 3.63) is 35.9 Å². The lowest BCUT2D eigenvalue weighted by atomic mass is 9.81. The molecule has 3 nitrogen and oxygen atoms in total. The third kappa shape index (κ3) is 5.62. The van der Waals surface area contributed by atoms with Gasteiger partial charge in [0.1, 0.15) is 0 Å². The van der Waals surface area contributed by atoms with Crippen LogP contribution >= 0.6 is 12.4 Å². The number of nitrogens with two attached hydrogens (primary N) is 1. The Labute approximate surface area is 140 Å². The van der Waals surface area contributed by atoms with E-state index < -0.39 is 0 Å². The van der Waals surface area contributed by atoms with Gasteiger partial charge in [0.15, 0.2) is 0 Å². The van der Waals surface area contributed by atoms with Crippen molar-refractivity contribution in [1.82, 2.24) is 5.32 Å². The van der Waals surface area contributed by atoms with Gasteiger partial charge in [-0.05, 0) is 30.2 Å². The van der Waals surface area contributed by atoms with Crippen molar-refractivity contribution < 1.29 is 4.79 Å². The van der Waals surface area contributed by atoms with E-state index in [0.29, 0.717) is 6.54 Å². The van der Waals surface area contributed by atoms with E-state index in [1.54, 1.807) is 0 Å². The molecule has 3 unspecified atom stereocenters. The Hall–Kier alpha value is -1.06. The molecular weight excluding hydrogens is 296 g/mol. The monoisotopic (exact) mass is 324 g/mol.